The lowest BCUT2D eigenvalue weighted by Gasteiger charge is -2.34. The van der Waals surface area contributed by atoms with E-state index < -0.39 is 17.2 Å². The van der Waals surface area contributed by atoms with Crippen LogP contribution in [0.5, 0.6) is 0 Å². The predicted octanol–water partition coefficient (Wildman–Crippen LogP) is 4.21. The van der Waals surface area contributed by atoms with E-state index in [1.807, 2.05) is 19.3 Å². The quantitative estimate of drug-likeness (QED) is 0.773. The standard InChI is InChI=1S/C24H29F2N5O/c1-29-10-5-8-20(29)15-30-11-9-24(16-30)22(27-19-6-3-2-4-7-19)28-23(32)31(24)21-13-17(25)12-18(26)14-21/h5,8,10,12-14,19H,2-4,6-7,9,11,15-16H2,1H3,(H,27,28,32). The van der Waals surface area contributed by atoms with Gasteiger partial charge in [-0.3, -0.25) is 20.1 Å². The van der Waals surface area contributed by atoms with Crippen LogP contribution in [-0.2, 0) is 13.6 Å². The Morgan fingerprint density at radius 1 is 1.16 bits per heavy atom. The Morgan fingerprint density at radius 3 is 2.59 bits per heavy atom. The van der Waals surface area contributed by atoms with Gasteiger partial charge < -0.3 is 4.57 Å². The molecule has 1 aliphatic carbocycles. The van der Waals surface area contributed by atoms with Crippen molar-refractivity contribution in [2.75, 3.05) is 18.0 Å². The van der Waals surface area contributed by atoms with Crippen LogP contribution >= 0.6 is 0 Å². The van der Waals surface area contributed by atoms with E-state index in [1.54, 1.807) is 0 Å². The molecule has 1 saturated carbocycles. The number of rotatable bonds is 4. The van der Waals surface area contributed by atoms with E-state index in [0.29, 0.717) is 18.8 Å². The molecule has 1 aromatic carbocycles. The Hall–Kier alpha value is -2.74. The molecule has 0 bridgehead atoms. The smallest absolute Gasteiger partial charge is 0.328 e. The molecular formula is C24H29F2N5O. The van der Waals surface area contributed by atoms with Crippen molar-refractivity contribution in [1.29, 1.82) is 0 Å². The Kier molecular flexibility index (Phi) is 5.49. The van der Waals surface area contributed by atoms with Gasteiger partial charge in [-0.1, -0.05) is 19.3 Å². The molecule has 1 unspecified atom stereocenters. The number of likely N-dealkylation sites (tertiary alicyclic amines) is 1. The van der Waals surface area contributed by atoms with Crippen molar-refractivity contribution in [2.45, 2.75) is 56.7 Å². The molecule has 32 heavy (non-hydrogen) atoms. The van der Waals surface area contributed by atoms with E-state index in [0.717, 1.165) is 44.8 Å². The molecule has 3 aliphatic rings. The van der Waals surface area contributed by atoms with E-state index in [9.17, 15) is 13.6 Å². The molecule has 1 spiro atoms. The average Bonchev–Trinajstić information content (AvgIpc) is 3.42. The molecule has 2 aromatic rings. The number of nitrogens with zero attached hydrogens (tertiary/aromatic N) is 4. The SMILES string of the molecule is Cn1cccc1CN1CCC2(C1)C(=NC1CCCCC1)NC(=O)N2c1cc(F)cc(F)c1. The summed E-state index contributed by atoms with van der Waals surface area (Å²) in [5.41, 5.74) is 0.655. The van der Waals surface area contributed by atoms with Crippen LogP contribution in [0.2, 0.25) is 0 Å². The number of carbonyl (C=O) groups is 1. The summed E-state index contributed by atoms with van der Waals surface area (Å²) < 4.78 is 30.3. The number of aryl methyl sites for hydroxylation is 1. The van der Waals surface area contributed by atoms with Gasteiger partial charge in [0.2, 0.25) is 0 Å². The number of hydrogen-bond acceptors (Lipinski definition) is 3. The molecule has 0 radical (unpaired) electrons. The van der Waals surface area contributed by atoms with E-state index in [1.165, 1.54) is 29.1 Å². The summed E-state index contributed by atoms with van der Waals surface area (Å²) in [6, 6.07) is 7.20. The van der Waals surface area contributed by atoms with Gasteiger partial charge in [-0.2, -0.15) is 0 Å². The van der Waals surface area contributed by atoms with Crippen LogP contribution in [0, 0.1) is 11.6 Å². The predicted molar refractivity (Wildman–Crippen MR) is 120 cm³/mol. The number of halogens is 2. The fourth-order valence-electron chi connectivity index (χ4n) is 5.42. The number of nitrogens with one attached hydrogen (secondary N) is 1. The van der Waals surface area contributed by atoms with E-state index in [2.05, 4.69) is 20.9 Å². The van der Waals surface area contributed by atoms with E-state index >= 15 is 0 Å². The number of benzene rings is 1. The lowest BCUT2D eigenvalue weighted by atomic mass is 9.93. The van der Waals surface area contributed by atoms with Gasteiger partial charge in [0.05, 0.1) is 11.7 Å². The van der Waals surface area contributed by atoms with Crippen LogP contribution in [0.4, 0.5) is 19.3 Å². The van der Waals surface area contributed by atoms with Crippen molar-refractivity contribution >= 4 is 17.6 Å². The highest BCUT2D eigenvalue weighted by atomic mass is 19.1. The molecule has 1 atom stereocenters. The minimum Gasteiger partial charge on any atom is -0.353 e. The summed E-state index contributed by atoms with van der Waals surface area (Å²) in [6.07, 6.45) is 8.19. The molecule has 8 heteroatoms. The largest absolute Gasteiger partial charge is 0.353 e. The van der Waals surface area contributed by atoms with Gasteiger partial charge in [0.1, 0.15) is 23.0 Å². The van der Waals surface area contributed by atoms with Crippen LogP contribution in [0.1, 0.15) is 44.2 Å². The second kappa shape index (κ2) is 8.31. The summed E-state index contributed by atoms with van der Waals surface area (Å²) in [5.74, 6) is -0.744. The van der Waals surface area contributed by atoms with Gasteiger partial charge in [-0.15, -0.1) is 0 Å². The van der Waals surface area contributed by atoms with Crippen LogP contribution in [-0.4, -0.2) is 46.0 Å². The first-order valence-corrected chi connectivity index (χ1v) is 11.4. The highest BCUT2D eigenvalue weighted by Gasteiger charge is 2.55. The number of carbonyl (C=O) groups excluding carboxylic acids is 1. The summed E-state index contributed by atoms with van der Waals surface area (Å²) >= 11 is 0. The second-order valence-corrected chi connectivity index (χ2v) is 9.27. The first kappa shape index (κ1) is 21.1. The topological polar surface area (TPSA) is 52.9 Å². The summed E-state index contributed by atoms with van der Waals surface area (Å²) in [4.78, 5) is 22.0. The third-order valence-electron chi connectivity index (χ3n) is 7.05. The molecule has 5 rings (SSSR count). The molecule has 2 amide bonds. The number of hydrogen-bond donors (Lipinski definition) is 1. The van der Waals surface area contributed by atoms with Crippen LogP contribution in [0.15, 0.2) is 41.5 Å². The van der Waals surface area contributed by atoms with Gasteiger partial charge >= 0.3 is 6.03 Å². The molecule has 1 aromatic heterocycles. The Bertz CT molecular complexity index is 1020. The normalized spacial score (nSPS) is 25.9. The molecule has 3 fully saturated rings. The maximum Gasteiger partial charge on any atom is 0.328 e. The minimum absolute atomic E-state index is 0.182. The fraction of sp³-hybridized carbons (Fsp3) is 0.500. The number of urea groups is 1. The van der Waals surface area contributed by atoms with Crippen molar-refractivity contribution in [3.05, 3.63) is 53.9 Å². The molecular weight excluding hydrogens is 412 g/mol. The van der Waals surface area contributed by atoms with Gasteiger partial charge in [0.15, 0.2) is 0 Å². The zero-order valence-corrected chi connectivity index (χ0v) is 18.4. The lowest BCUT2D eigenvalue weighted by Crippen LogP contribution is -2.52. The van der Waals surface area contributed by atoms with Gasteiger partial charge in [0.25, 0.3) is 0 Å². The average molecular weight is 442 g/mol. The molecule has 170 valence electrons. The highest BCUT2D eigenvalue weighted by Crippen LogP contribution is 2.39. The van der Waals surface area contributed by atoms with E-state index in [4.69, 9.17) is 4.99 Å². The maximum absolute atomic E-state index is 14.1. The number of amides is 2. The monoisotopic (exact) mass is 441 g/mol. The van der Waals surface area contributed by atoms with Crippen molar-refractivity contribution < 1.29 is 13.6 Å². The van der Waals surface area contributed by atoms with Crippen molar-refractivity contribution in [3.8, 4) is 0 Å². The third kappa shape index (κ3) is 3.81. The second-order valence-electron chi connectivity index (χ2n) is 9.27. The first-order valence-electron chi connectivity index (χ1n) is 11.4. The Balaban J connectivity index is 1.51. The van der Waals surface area contributed by atoms with Crippen LogP contribution in [0.25, 0.3) is 0 Å². The maximum atomic E-state index is 14.1. The van der Waals surface area contributed by atoms with Crippen LogP contribution < -0.4 is 10.2 Å². The van der Waals surface area contributed by atoms with Crippen LogP contribution in [0.3, 0.4) is 0 Å². The Morgan fingerprint density at radius 2 is 1.91 bits per heavy atom. The van der Waals surface area contributed by atoms with Crippen molar-refractivity contribution in [3.63, 3.8) is 0 Å². The van der Waals surface area contributed by atoms with Crippen molar-refractivity contribution in [1.82, 2.24) is 14.8 Å². The zero-order valence-electron chi connectivity index (χ0n) is 18.4. The lowest BCUT2D eigenvalue weighted by molar-refractivity contribution is 0.250. The van der Waals surface area contributed by atoms with Gasteiger partial charge in [-0.25, -0.2) is 13.6 Å². The fourth-order valence-corrected chi connectivity index (χ4v) is 5.42. The third-order valence-corrected chi connectivity index (χ3v) is 7.05. The number of amidine groups is 1. The molecule has 3 heterocycles. The summed E-state index contributed by atoms with van der Waals surface area (Å²) in [6.45, 7) is 2.06. The summed E-state index contributed by atoms with van der Waals surface area (Å²) in [7, 11) is 2.01. The molecule has 2 aliphatic heterocycles. The van der Waals surface area contributed by atoms with Crippen molar-refractivity contribution in [2.24, 2.45) is 12.0 Å². The number of aliphatic imine (C=N–C) groups is 1. The minimum atomic E-state index is -0.750. The number of aromatic nitrogens is 1. The summed E-state index contributed by atoms with van der Waals surface area (Å²) in [5, 5.41) is 2.97. The van der Waals surface area contributed by atoms with Gasteiger partial charge in [-0.05, 0) is 43.5 Å². The highest BCUT2D eigenvalue weighted by molar-refractivity contribution is 6.19. The number of anilines is 1. The molecule has 2 saturated heterocycles. The van der Waals surface area contributed by atoms with E-state index in [-0.39, 0.29) is 17.8 Å². The molecule has 1 N–H and O–H groups in total. The zero-order chi connectivity index (χ0) is 22.3. The molecule has 6 nitrogen and oxygen atoms in total. The first-order chi connectivity index (χ1) is 15.4. The Labute approximate surface area is 186 Å². The van der Waals surface area contributed by atoms with Gasteiger partial charge in [0, 0.05) is 44.6 Å².